The molecule has 2 rings (SSSR count). The number of benzene rings is 2. The SMILES string of the molecule is CC(C)(C)c1ccc(OCC(=O)N/N=C/c2ccccc2C(=O)O)cc1. The second kappa shape index (κ2) is 8.29. The van der Waals surface area contributed by atoms with Crippen molar-refractivity contribution in [1.82, 2.24) is 5.43 Å². The van der Waals surface area contributed by atoms with Crippen molar-refractivity contribution in [3.05, 3.63) is 65.2 Å². The Kier molecular flexibility index (Phi) is 6.11. The highest BCUT2D eigenvalue weighted by Gasteiger charge is 2.13. The number of carbonyl (C=O) groups excluding carboxylic acids is 1. The number of carbonyl (C=O) groups is 2. The Morgan fingerprint density at radius 3 is 2.38 bits per heavy atom. The number of rotatable bonds is 6. The van der Waals surface area contributed by atoms with Gasteiger partial charge in [-0.25, -0.2) is 10.2 Å². The summed E-state index contributed by atoms with van der Waals surface area (Å²) >= 11 is 0. The third-order valence-electron chi connectivity index (χ3n) is 3.67. The molecule has 0 unspecified atom stereocenters. The van der Waals surface area contributed by atoms with Crippen LogP contribution in [0.15, 0.2) is 53.6 Å². The summed E-state index contributed by atoms with van der Waals surface area (Å²) in [4.78, 5) is 22.9. The zero-order valence-corrected chi connectivity index (χ0v) is 15.0. The molecule has 0 aliphatic heterocycles. The topological polar surface area (TPSA) is 88.0 Å². The van der Waals surface area contributed by atoms with Gasteiger partial charge in [0.05, 0.1) is 11.8 Å². The van der Waals surface area contributed by atoms with Gasteiger partial charge in [0, 0.05) is 5.56 Å². The Bertz CT molecular complexity index is 805. The average molecular weight is 354 g/mol. The molecule has 0 saturated carbocycles. The standard InChI is InChI=1S/C20H22N2O4/c1-20(2,3)15-8-10-16(11-9-15)26-13-18(23)22-21-12-14-6-4-5-7-17(14)19(24)25/h4-12H,13H2,1-3H3,(H,22,23)(H,24,25)/b21-12+. The highest BCUT2D eigenvalue weighted by atomic mass is 16.5. The first-order valence-corrected chi connectivity index (χ1v) is 8.15. The van der Waals surface area contributed by atoms with Gasteiger partial charge in [0.2, 0.25) is 0 Å². The minimum atomic E-state index is -1.06. The number of ether oxygens (including phenoxy) is 1. The number of carboxylic acid groups (broad SMARTS) is 1. The third-order valence-corrected chi connectivity index (χ3v) is 3.67. The zero-order valence-electron chi connectivity index (χ0n) is 15.0. The molecule has 0 aliphatic rings. The van der Waals surface area contributed by atoms with Gasteiger partial charge in [-0.05, 0) is 29.2 Å². The molecule has 0 bridgehead atoms. The fourth-order valence-corrected chi connectivity index (χ4v) is 2.21. The molecule has 0 fully saturated rings. The molecule has 26 heavy (non-hydrogen) atoms. The Balaban J connectivity index is 1.87. The summed E-state index contributed by atoms with van der Waals surface area (Å²) in [6.45, 7) is 6.18. The minimum Gasteiger partial charge on any atom is -0.484 e. The molecule has 0 aromatic heterocycles. The van der Waals surface area contributed by atoms with Crippen molar-refractivity contribution >= 4 is 18.1 Å². The molecule has 136 valence electrons. The van der Waals surface area contributed by atoms with Gasteiger partial charge in [-0.3, -0.25) is 4.79 Å². The number of nitrogens with one attached hydrogen (secondary N) is 1. The van der Waals surface area contributed by atoms with Gasteiger partial charge in [0.1, 0.15) is 5.75 Å². The van der Waals surface area contributed by atoms with E-state index < -0.39 is 11.9 Å². The van der Waals surface area contributed by atoms with E-state index in [0.717, 1.165) is 0 Å². The van der Waals surface area contributed by atoms with E-state index in [1.807, 2.05) is 24.3 Å². The lowest BCUT2D eigenvalue weighted by atomic mass is 9.87. The number of hydrogen-bond acceptors (Lipinski definition) is 4. The Labute approximate surface area is 152 Å². The van der Waals surface area contributed by atoms with Crippen LogP contribution >= 0.6 is 0 Å². The largest absolute Gasteiger partial charge is 0.484 e. The van der Waals surface area contributed by atoms with E-state index in [9.17, 15) is 9.59 Å². The number of hydrogen-bond donors (Lipinski definition) is 2. The molecule has 0 saturated heterocycles. The molecule has 1 amide bonds. The zero-order chi connectivity index (χ0) is 19.2. The normalized spacial score (nSPS) is 11.3. The van der Waals surface area contributed by atoms with Crippen molar-refractivity contribution in [2.24, 2.45) is 5.10 Å². The lowest BCUT2D eigenvalue weighted by Crippen LogP contribution is -2.24. The summed E-state index contributed by atoms with van der Waals surface area (Å²) in [7, 11) is 0. The molecule has 0 radical (unpaired) electrons. The van der Waals surface area contributed by atoms with Gasteiger partial charge in [-0.15, -0.1) is 0 Å². The number of amides is 1. The van der Waals surface area contributed by atoms with Crippen molar-refractivity contribution in [2.45, 2.75) is 26.2 Å². The Hall–Kier alpha value is -3.15. The summed E-state index contributed by atoms with van der Waals surface area (Å²) in [5.74, 6) is -0.900. The summed E-state index contributed by atoms with van der Waals surface area (Å²) < 4.78 is 5.42. The number of aromatic carboxylic acids is 1. The number of hydrazone groups is 1. The van der Waals surface area contributed by atoms with Crippen LogP contribution < -0.4 is 10.2 Å². The van der Waals surface area contributed by atoms with Crippen LogP contribution in [0.2, 0.25) is 0 Å². The smallest absolute Gasteiger partial charge is 0.336 e. The van der Waals surface area contributed by atoms with Crippen LogP contribution in [0.4, 0.5) is 0 Å². The van der Waals surface area contributed by atoms with E-state index in [1.54, 1.807) is 18.2 Å². The van der Waals surface area contributed by atoms with Crippen LogP contribution in [0.3, 0.4) is 0 Å². The lowest BCUT2D eigenvalue weighted by molar-refractivity contribution is -0.123. The molecule has 0 aliphatic carbocycles. The van der Waals surface area contributed by atoms with Crippen LogP contribution in [-0.4, -0.2) is 29.8 Å². The van der Waals surface area contributed by atoms with Crippen molar-refractivity contribution in [1.29, 1.82) is 0 Å². The van der Waals surface area contributed by atoms with Crippen molar-refractivity contribution < 1.29 is 19.4 Å². The van der Waals surface area contributed by atoms with Crippen LogP contribution in [0.5, 0.6) is 5.75 Å². The van der Waals surface area contributed by atoms with Gasteiger partial charge in [0.15, 0.2) is 6.61 Å². The average Bonchev–Trinajstić information content (AvgIpc) is 2.60. The second-order valence-corrected chi connectivity index (χ2v) is 6.75. The van der Waals surface area contributed by atoms with Crippen LogP contribution in [0.25, 0.3) is 0 Å². The maximum Gasteiger partial charge on any atom is 0.336 e. The van der Waals surface area contributed by atoms with E-state index in [-0.39, 0.29) is 17.6 Å². The molecule has 2 aromatic carbocycles. The summed E-state index contributed by atoms with van der Waals surface area (Å²) in [5.41, 5.74) is 4.06. The molecule has 6 nitrogen and oxygen atoms in total. The van der Waals surface area contributed by atoms with E-state index in [2.05, 4.69) is 31.3 Å². The first-order chi connectivity index (χ1) is 12.3. The number of nitrogens with zero attached hydrogens (tertiary/aromatic N) is 1. The molecule has 2 N–H and O–H groups in total. The fourth-order valence-electron chi connectivity index (χ4n) is 2.21. The van der Waals surface area contributed by atoms with Crippen LogP contribution in [0, 0.1) is 0 Å². The van der Waals surface area contributed by atoms with E-state index in [0.29, 0.717) is 11.3 Å². The molecule has 0 atom stereocenters. The first-order valence-electron chi connectivity index (χ1n) is 8.15. The van der Waals surface area contributed by atoms with E-state index in [4.69, 9.17) is 9.84 Å². The van der Waals surface area contributed by atoms with Gasteiger partial charge in [-0.2, -0.15) is 5.10 Å². The summed E-state index contributed by atoms with van der Waals surface area (Å²) in [5, 5.41) is 12.9. The van der Waals surface area contributed by atoms with E-state index >= 15 is 0 Å². The summed E-state index contributed by atoms with van der Waals surface area (Å²) in [6, 6.07) is 14.0. The highest BCUT2D eigenvalue weighted by Crippen LogP contribution is 2.24. The minimum absolute atomic E-state index is 0.0524. The maximum absolute atomic E-state index is 11.8. The third kappa shape index (κ3) is 5.44. The van der Waals surface area contributed by atoms with Crippen molar-refractivity contribution in [3.63, 3.8) is 0 Å². The molecule has 6 heteroatoms. The molecular weight excluding hydrogens is 332 g/mol. The van der Waals surface area contributed by atoms with Crippen molar-refractivity contribution in [2.75, 3.05) is 6.61 Å². The highest BCUT2D eigenvalue weighted by molar-refractivity contribution is 5.98. The van der Waals surface area contributed by atoms with Gasteiger partial charge in [-0.1, -0.05) is 51.1 Å². The molecule has 0 spiro atoms. The molecule has 0 heterocycles. The summed E-state index contributed by atoms with van der Waals surface area (Å²) in [6.07, 6.45) is 1.29. The van der Waals surface area contributed by atoms with Gasteiger partial charge >= 0.3 is 5.97 Å². The monoisotopic (exact) mass is 354 g/mol. The van der Waals surface area contributed by atoms with Crippen molar-refractivity contribution in [3.8, 4) is 5.75 Å². The van der Waals surface area contributed by atoms with Gasteiger partial charge in [0.25, 0.3) is 5.91 Å². The van der Waals surface area contributed by atoms with Crippen LogP contribution in [0.1, 0.15) is 42.3 Å². The first kappa shape index (κ1) is 19.2. The predicted molar refractivity (Wildman–Crippen MR) is 99.8 cm³/mol. The van der Waals surface area contributed by atoms with E-state index in [1.165, 1.54) is 17.8 Å². The maximum atomic E-state index is 11.8. The number of carboxylic acids is 1. The Morgan fingerprint density at radius 1 is 1.12 bits per heavy atom. The molecule has 2 aromatic rings. The lowest BCUT2D eigenvalue weighted by Gasteiger charge is -2.19. The Morgan fingerprint density at radius 2 is 1.77 bits per heavy atom. The fraction of sp³-hybridized carbons (Fsp3) is 0.250. The second-order valence-electron chi connectivity index (χ2n) is 6.75. The quantitative estimate of drug-likeness (QED) is 0.616. The predicted octanol–water partition coefficient (Wildman–Crippen LogP) is 3.21. The molecular formula is C20H22N2O4. The van der Waals surface area contributed by atoms with Gasteiger partial charge < -0.3 is 9.84 Å². The van der Waals surface area contributed by atoms with Crippen LogP contribution in [-0.2, 0) is 10.2 Å².